The Bertz CT molecular complexity index is 844. The van der Waals surface area contributed by atoms with Crippen LogP contribution in [0.3, 0.4) is 0 Å². The number of hydrogen-bond donors (Lipinski definition) is 0. The smallest absolute Gasteiger partial charge is 0.197 e. The predicted octanol–water partition coefficient (Wildman–Crippen LogP) is 7.39. The van der Waals surface area contributed by atoms with E-state index in [-0.39, 0.29) is 6.29 Å². The van der Waals surface area contributed by atoms with Crippen molar-refractivity contribution in [3.63, 3.8) is 0 Å². The third kappa shape index (κ3) is 7.74. The normalized spacial score (nSPS) is 13.9. The Balaban J connectivity index is 2.04. The Morgan fingerprint density at radius 3 is 2.23 bits per heavy atom. The van der Waals surface area contributed by atoms with Crippen LogP contribution in [0.4, 0.5) is 0 Å². The van der Waals surface area contributed by atoms with Crippen LogP contribution in [0.2, 0.25) is 0 Å². The largest absolute Gasteiger partial charge is 0.493 e. The van der Waals surface area contributed by atoms with E-state index in [2.05, 4.69) is 78.0 Å². The fourth-order valence-corrected chi connectivity index (χ4v) is 3.96. The van der Waals surface area contributed by atoms with Gasteiger partial charge in [0.15, 0.2) is 17.8 Å². The van der Waals surface area contributed by atoms with Crippen molar-refractivity contribution in [2.45, 2.75) is 73.5 Å². The van der Waals surface area contributed by atoms with Gasteiger partial charge in [-0.3, -0.25) is 0 Å². The Morgan fingerprint density at radius 1 is 0.968 bits per heavy atom. The van der Waals surface area contributed by atoms with E-state index in [1.807, 2.05) is 13.0 Å². The van der Waals surface area contributed by atoms with E-state index in [0.29, 0.717) is 24.2 Å². The molecule has 0 N–H and O–H groups in total. The number of methoxy groups -OCH3 is 1. The Labute approximate surface area is 189 Å². The second kappa shape index (κ2) is 12.0. The van der Waals surface area contributed by atoms with Gasteiger partial charge in [0, 0.05) is 5.92 Å². The fraction of sp³-hybridized carbons (Fsp3) is 0.500. The quantitative estimate of drug-likeness (QED) is 0.278. The minimum Gasteiger partial charge on any atom is -0.493 e. The van der Waals surface area contributed by atoms with Crippen LogP contribution < -0.4 is 9.47 Å². The fourth-order valence-electron chi connectivity index (χ4n) is 3.96. The number of allylic oxidation sites excluding steroid dienone is 2. The summed E-state index contributed by atoms with van der Waals surface area (Å²) in [5, 5.41) is 0. The zero-order valence-corrected chi connectivity index (χ0v) is 20.6. The van der Waals surface area contributed by atoms with E-state index >= 15 is 0 Å². The van der Waals surface area contributed by atoms with Crippen molar-refractivity contribution in [2.75, 3.05) is 13.7 Å². The highest BCUT2D eigenvalue weighted by molar-refractivity contribution is 5.45. The van der Waals surface area contributed by atoms with Crippen LogP contribution in [0.5, 0.6) is 11.5 Å². The van der Waals surface area contributed by atoms with E-state index in [9.17, 15) is 0 Å². The average Bonchev–Trinajstić information content (AvgIpc) is 2.71. The summed E-state index contributed by atoms with van der Waals surface area (Å²) >= 11 is 0. The SMILES string of the molecule is CCC(C)[C@H](C=C(C)C)c1ccc(OC(C)OCCc2cc(C)cc(C)c2)c(OC)c1. The van der Waals surface area contributed by atoms with Gasteiger partial charge in [0.25, 0.3) is 0 Å². The Kier molecular flexibility index (Phi) is 9.64. The lowest BCUT2D eigenvalue weighted by atomic mass is 9.84. The molecule has 3 heteroatoms. The summed E-state index contributed by atoms with van der Waals surface area (Å²) in [4.78, 5) is 0. The van der Waals surface area contributed by atoms with Crippen LogP contribution in [0.25, 0.3) is 0 Å². The van der Waals surface area contributed by atoms with Crippen molar-refractivity contribution >= 4 is 0 Å². The molecule has 3 nitrogen and oxygen atoms in total. The van der Waals surface area contributed by atoms with Crippen LogP contribution in [-0.2, 0) is 11.2 Å². The monoisotopic (exact) mass is 424 g/mol. The summed E-state index contributed by atoms with van der Waals surface area (Å²) in [6, 6.07) is 12.9. The molecular formula is C28H40O3. The number of benzene rings is 2. The molecule has 2 aromatic carbocycles. The van der Waals surface area contributed by atoms with Crippen LogP contribution >= 0.6 is 0 Å². The number of aryl methyl sites for hydroxylation is 2. The van der Waals surface area contributed by atoms with Gasteiger partial charge in [-0.15, -0.1) is 0 Å². The van der Waals surface area contributed by atoms with Crippen molar-refractivity contribution in [1.29, 1.82) is 0 Å². The first kappa shape index (κ1) is 25.0. The maximum Gasteiger partial charge on any atom is 0.197 e. The standard InChI is InChI=1S/C28H40O3/c1-9-22(6)26(14-19(2)3)25-10-11-27(28(18-25)29-8)31-23(7)30-13-12-24-16-20(4)15-21(5)17-24/h10-11,14-18,22-23,26H,9,12-13H2,1-8H3/t22?,23?,26-/m0/s1. The van der Waals surface area contributed by atoms with Crippen LogP contribution in [-0.4, -0.2) is 20.0 Å². The summed E-state index contributed by atoms with van der Waals surface area (Å²) in [6.45, 7) is 15.6. The zero-order valence-electron chi connectivity index (χ0n) is 20.6. The van der Waals surface area contributed by atoms with E-state index in [1.165, 1.54) is 27.8 Å². The molecule has 0 saturated carbocycles. The maximum atomic E-state index is 6.06. The molecule has 0 fully saturated rings. The molecule has 0 aromatic heterocycles. The van der Waals surface area contributed by atoms with Gasteiger partial charge in [0.1, 0.15) is 0 Å². The molecule has 0 heterocycles. The number of ether oxygens (including phenoxy) is 3. The summed E-state index contributed by atoms with van der Waals surface area (Å²) < 4.78 is 17.6. The molecule has 0 aliphatic carbocycles. The molecule has 0 radical (unpaired) electrons. The first-order valence-electron chi connectivity index (χ1n) is 11.4. The van der Waals surface area contributed by atoms with Gasteiger partial charge in [0.2, 0.25) is 0 Å². The van der Waals surface area contributed by atoms with Gasteiger partial charge in [-0.1, -0.05) is 67.3 Å². The summed E-state index contributed by atoms with van der Waals surface area (Å²) in [5.41, 5.74) is 6.45. The number of hydrogen-bond acceptors (Lipinski definition) is 3. The molecule has 0 spiro atoms. The topological polar surface area (TPSA) is 27.7 Å². The summed E-state index contributed by atoms with van der Waals surface area (Å²) in [7, 11) is 1.69. The van der Waals surface area contributed by atoms with E-state index in [4.69, 9.17) is 14.2 Å². The molecule has 0 saturated heterocycles. The third-order valence-electron chi connectivity index (χ3n) is 5.66. The Hall–Kier alpha value is -2.26. The predicted molar refractivity (Wildman–Crippen MR) is 130 cm³/mol. The van der Waals surface area contributed by atoms with Crippen molar-refractivity contribution in [2.24, 2.45) is 5.92 Å². The first-order chi connectivity index (χ1) is 14.7. The molecule has 0 bridgehead atoms. The lowest BCUT2D eigenvalue weighted by Gasteiger charge is -2.23. The Morgan fingerprint density at radius 2 is 1.65 bits per heavy atom. The molecule has 0 aliphatic rings. The van der Waals surface area contributed by atoms with Crippen LogP contribution in [0.1, 0.15) is 69.2 Å². The first-order valence-corrected chi connectivity index (χ1v) is 11.4. The van der Waals surface area contributed by atoms with Crippen LogP contribution in [0.15, 0.2) is 48.0 Å². The molecule has 170 valence electrons. The molecular weight excluding hydrogens is 384 g/mol. The van der Waals surface area contributed by atoms with Gasteiger partial charge in [-0.2, -0.15) is 0 Å². The highest BCUT2D eigenvalue weighted by Crippen LogP contribution is 2.36. The van der Waals surface area contributed by atoms with Crippen molar-refractivity contribution in [3.05, 3.63) is 70.3 Å². The molecule has 2 unspecified atom stereocenters. The van der Waals surface area contributed by atoms with Gasteiger partial charge < -0.3 is 14.2 Å². The average molecular weight is 425 g/mol. The third-order valence-corrected chi connectivity index (χ3v) is 5.66. The molecule has 2 aromatic rings. The second-order valence-corrected chi connectivity index (χ2v) is 8.87. The minimum atomic E-state index is -0.353. The van der Waals surface area contributed by atoms with Gasteiger partial charge in [0.05, 0.1) is 13.7 Å². The van der Waals surface area contributed by atoms with E-state index < -0.39 is 0 Å². The number of rotatable bonds is 11. The van der Waals surface area contributed by atoms with Crippen molar-refractivity contribution in [3.8, 4) is 11.5 Å². The summed E-state index contributed by atoms with van der Waals surface area (Å²) in [5.74, 6) is 2.38. The maximum absolute atomic E-state index is 6.06. The van der Waals surface area contributed by atoms with Gasteiger partial charge in [-0.05, 0) is 70.2 Å². The van der Waals surface area contributed by atoms with E-state index in [0.717, 1.165) is 18.6 Å². The molecule has 2 rings (SSSR count). The lowest BCUT2D eigenvalue weighted by molar-refractivity contribution is -0.0664. The van der Waals surface area contributed by atoms with Crippen molar-refractivity contribution in [1.82, 2.24) is 0 Å². The van der Waals surface area contributed by atoms with Crippen LogP contribution in [0, 0.1) is 19.8 Å². The second-order valence-electron chi connectivity index (χ2n) is 8.87. The molecule has 0 aliphatic heterocycles. The molecule has 3 atom stereocenters. The molecule has 0 amide bonds. The van der Waals surface area contributed by atoms with Gasteiger partial charge in [-0.25, -0.2) is 0 Å². The zero-order chi connectivity index (χ0) is 23.0. The highest BCUT2D eigenvalue weighted by Gasteiger charge is 2.19. The summed E-state index contributed by atoms with van der Waals surface area (Å²) in [6.07, 6.45) is 3.99. The highest BCUT2D eigenvalue weighted by atomic mass is 16.7. The molecule has 31 heavy (non-hydrogen) atoms. The van der Waals surface area contributed by atoms with Gasteiger partial charge >= 0.3 is 0 Å². The van der Waals surface area contributed by atoms with Crippen molar-refractivity contribution < 1.29 is 14.2 Å². The minimum absolute atomic E-state index is 0.353. The lowest BCUT2D eigenvalue weighted by Crippen LogP contribution is -2.18. The van der Waals surface area contributed by atoms with E-state index in [1.54, 1.807) is 7.11 Å².